The molecule has 0 saturated heterocycles. The fraction of sp³-hybridized carbons (Fsp3) is 0.190. The predicted octanol–water partition coefficient (Wildman–Crippen LogP) is 3.75. The van der Waals surface area contributed by atoms with E-state index in [4.69, 9.17) is 14.9 Å². The maximum Gasteiger partial charge on any atom is 0.284 e. The lowest BCUT2D eigenvalue weighted by molar-refractivity contribution is 0.0710. The van der Waals surface area contributed by atoms with Crippen LogP contribution in [0.25, 0.3) is 21.7 Å². The van der Waals surface area contributed by atoms with Crippen LogP contribution in [-0.4, -0.2) is 33.0 Å². The lowest BCUT2D eigenvalue weighted by Gasteiger charge is -2.27. The molecule has 5 heterocycles. The Morgan fingerprint density at radius 2 is 2.10 bits per heavy atom. The van der Waals surface area contributed by atoms with Crippen LogP contribution in [0.2, 0.25) is 0 Å². The normalized spacial score (nSPS) is 13.3. The number of carbonyl (C=O) groups excluding carboxylic acids is 2. The van der Waals surface area contributed by atoms with E-state index in [2.05, 4.69) is 6.07 Å². The van der Waals surface area contributed by atoms with Gasteiger partial charge >= 0.3 is 0 Å². The van der Waals surface area contributed by atoms with Crippen LogP contribution >= 0.6 is 22.7 Å². The van der Waals surface area contributed by atoms with Gasteiger partial charge in [0.25, 0.3) is 11.8 Å². The summed E-state index contributed by atoms with van der Waals surface area (Å²) in [6.07, 6.45) is 0.661. The molecule has 1 aliphatic rings. The molecule has 2 amide bonds. The first kappa shape index (κ1) is 19.6. The SMILES string of the molecule is Cn1c(C(=O)N2CCc3sc(C(=O)NO)cc3C2)cc2oc(-c3ccc(C#N)s3)cc21. The summed E-state index contributed by atoms with van der Waals surface area (Å²) in [5, 5.41) is 17.9. The highest BCUT2D eigenvalue weighted by Gasteiger charge is 2.27. The van der Waals surface area contributed by atoms with Crippen molar-refractivity contribution in [3.63, 3.8) is 0 Å². The van der Waals surface area contributed by atoms with Gasteiger partial charge in [-0.05, 0) is 30.2 Å². The molecule has 4 aromatic rings. The van der Waals surface area contributed by atoms with Gasteiger partial charge in [0.1, 0.15) is 22.4 Å². The number of nitrogens with one attached hydrogen (secondary N) is 1. The van der Waals surface area contributed by atoms with Gasteiger partial charge in [0.15, 0.2) is 5.58 Å². The molecule has 1 aliphatic heterocycles. The van der Waals surface area contributed by atoms with E-state index in [1.54, 1.807) is 28.6 Å². The number of nitriles is 1. The highest BCUT2D eigenvalue weighted by atomic mass is 32.1. The summed E-state index contributed by atoms with van der Waals surface area (Å²) >= 11 is 2.70. The van der Waals surface area contributed by atoms with Crippen molar-refractivity contribution in [1.29, 1.82) is 5.26 Å². The standard InChI is InChI=1S/C21H16N4O4S2/c1-24-13-7-16(18-3-2-12(9-22)30-18)29-15(13)8-14(24)21(27)25-5-4-17-11(10-25)6-19(31-17)20(26)23-28/h2-3,6-8,28H,4-5,10H2,1H3,(H,23,26). The second-order valence-corrected chi connectivity index (χ2v) is 9.42. The zero-order valence-electron chi connectivity index (χ0n) is 16.3. The number of aryl methyl sites for hydroxylation is 1. The number of nitrogens with zero attached hydrogens (tertiary/aromatic N) is 3. The summed E-state index contributed by atoms with van der Waals surface area (Å²) in [6.45, 7) is 0.962. The number of furan rings is 1. The van der Waals surface area contributed by atoms with E-state index < -0.39 is 5.91 Å². The molecule has 0 atom stereocenters. The predicted molar refractivity (Wildman–Crippen MR) is 115 cm³/mol. The first-order valence-corrected chi connectivity index (χ1v) is 11.1. The van der Waals surface area contributed by atoms with Crippen molar-refractivity contribution in [2.24, 2.45) is 7.05 Å². The molecule has 0 spiro atoms. The number of rotatable bonds is 3. The average Bonchev–Trinajstić information content (AvgIpc) is 3.55. The second kappa shape index (κ2) is 7.39. The molecule has 31 heavy (non-hydrogen) atoms. The molecule has 8 nitrogen and oxygen atoms in total. The Bertz CT molecular complexity index is 1380. The first-order chi connectivity index (χ1) is 15.0. The molecule has 0 fully saturated rings. The minimum Gasteiger partial charge on any atom is -0.454 e. The molecular weight excluding hydrogens is 436 g/mol. The Morgan fingerprint density at radius 1 is 1.26 bits per heavy atom. The second-order valence-electron chi connectivity index (χ2n) is 7.20. The van der Waals surface area contributed by atoms with Gasteiger partial charge in [0.05, 0.1) is 15.3 Å². The van der Waals surface area contributed by atoms with Gasteiger partial charge in [0.2, 0.25) is 0 Å². The van der Waals surface area contributed by atoms with Crippen molar-refractivity contribution in [2.75, 3.05) is 6.54 Å². The average molecular weight is 453 g/mol. The molecule has 0 saturated carbocycles. The topological polar surface area (TPSA) is 112 Å². The third-order valence-electron chi connectivity index (χ3n) is 5.39. The molecule has 156 valence electrons. The van der Waals surface area contributed by atoms with Crippen LogP contribution < -0.4 is 5.48 Å². The van der Waals surface area contributed by atoms with E-state index >= 15 is 0 Å². The maximum atomic E-state index is 13.2. The lowest BCUT2D eigenvalue weighted by Crippen LogP contribution is -2.36. The number of carbonyl (C=O) groups is 2. The van der Waals surface area contributed by atoms with Crippen LogP contribution in [0.5, 0.6) is 0 Å². The Hall–Kier alpha value is -3.39. The van der Waals surface area contributed by atoms with E-state index in [1.807, 2.05) is 23.7 Å². The summed E-state index contributed by atoms with van der Waals surface area (Å²) in [6, 6.07) is 11.1. The number of hydrogen-bond donors (Lipinski definition) is 2. The minimum atomic E-state index is -0.538. The van der Waals surface area contributed by atoms with Crippen LogP contribution in [-0.2, 0) is 20.0 Å². The number of hydroxylamine groups is 1. The van der Waals surface area contributed by atoms with Crippen LogP contribution in [0.1, 0.15) is 35.5 Å². The molecule has 0 aromatic carbocycles. The molecule has 5 rings (SSSR count). The molecule has 4 aromatic heterocycles. The van der Waals surface area contributed by atoms with Crippen molar-refractivity contribution in [1.82, 2.24) is 14.9 Å². The van der Waals surface area contributed by atoms with Crippen molar-refractivity contribution in [2.45, 2.75) is 13.0 Å². The molecule has 0 bridgehead atoms. The van der Waals surface area contributed by atoms with Gasteiger partial charge in [-0.3, -0.25) is 14.8 Å². The summed E-state index contributed by atoms with van der Waals surface area (Å²) in [4.78, 5) is 29.6. The van der Waals surface area contributed by atoms with Crippen molar-refractivity contribution in [3.8, 4) is 16.7 Å². The number of fused-ring (bicyclic) bond motifs is 2. The van der Waals surface area contributed by atoms with E-state index in [9.17, 15) is 9.59 Å². The third-order valence-corrected chi connectivity index (χ3v) is 7.63. The Morgan fingerprint density at radius 3 is 2.81 bits per heavy atom. The zero-order valence-corrected chi connectivity index (χ0v) is 18.0. The van der Waals surface area contributed by atoms with Gasteiger partial charge in [0, 0.05) is 37.1 Å². The zero-order chi connectivity index (χ0) is 21.7. The van der Waals surface area contributed by atoms with Crippen LogP contribution in [0, 0.1) is 11.3 Å². The Labute approximate surface area is 184 Å². The molecular formula is C21H16N4O4S2. The Balaban J connectivity index is 1.40. The van der Waals surface area contributed by atoms with E-state index in [0.29, 0.717) is 46.3 Å². The summed E-state index contributed by atoms with van der Waals surface area (Å²) in [7, 11) is 1.83. The third kappa shape index (κ3) is 3.23. The lowest BCUT2D eigenvalue weighted by atomic mass is 10.1. The highest BCUT2D eigenvalue weighted by Crippen LogP contribution is 2.34. The van der Waals surface area contributed by atoms with Gasteiger partial charge in [-0.2, -0.15) is 5.26 Å². The van der Waals surface area contributed by atoms with Crippen LogP contribution in [0.3, 0.4) is 0 Å². The van der Waals surface area contributed by atoms with Crippen LogP contribution in [0.4, 0.5) is 0 Å². The minimum absolute atomic E-state index is 0.108. The van der Waals surface area contributed by atoms with Crippen molar-refractivity contribution < 1.29 is 19.2 Å². The van der Waals surface area contributed by atoms with Gasteiger partial charge in [-0.25, -0.2) is 5.48 Å². The molecule has 2 N–H and O–H groups in total. The van der Waals surface area contributed by atoms with Gasteiger partial charge in [-0.15, -0.1) is 22.7 Å². The number of aromatic nitrogens is 1. The molecule has 0 unspecified atom stereocenters. The van der Waals surface area contributed by atoms with E-state index in [0.717, 1.165) is 20.8 Å². The summed E-state index contributed by atoms with van der Waals surface area (Å²) < 4.78 is 7.77. The molecule has 0 radical (unpaired) electrons. The molecule has 0 aliphatic carbocycles. The Kier molecular flexibility index (Phi) is 4.66. The maximum absolute atomic E-state index is 13.2. The van der Waals surface area contributed by atoms with Gasteiger partial charge in [-0.1, -0.05) is 0 Å². The quantitative estimate of drug-likeness (QED) is 0.363. The molecule has 10 heteroatoms. The summed E-state index contributed by atoms with van der Waals surface area (Å²) in [5.74, 6) is 0.0218. The fourth-order valence-corrected chi connectivity index (χ4v) is 5.61. The van der Waals surface area contributed by atoms with Crippen molar-refractivity contribution in [3.05, 3.63) is 56.2 Å². The monoisotopic (exact) mass is 452 g/mol. The number of hydrogen-bond acceptors (Lipinski definition) is 7. The number of thiophene rings is 2. The fourth-order valence-electron chi connectivity index (χ4n) is 3.80. The van der Waals surface area contributed by atoms with Crippen LogP contribution in [0.15, 0.2) is 34.7 Å². The smallest absolute Gasteiger partial charge is 0.284 e. The number of amides is 2. The summed E-state index contributed by atoms with van der Waals surface area (Å²) in [5.41, 5.74) is 4.52. The van der Waals surface area contributed by atoms with Crippen molar-refractivity contribution >= 4 is 45.6 Å². The van der Waals surface area contributed by atoms with E-state index in [1.165, 1.54) is 22.7 Å². The first-order valence-electron chi connectivity index (χ1n) is 9.43. The van der Waals surface area contributed by atoms with Gasteiger partial charge < -0.3 is 13.9 Å². The van der Waals surface area contributed by atoms with E-state index in [-0.39, 0.29) is 5.91 Å². The largest absolute Gasteiger partial charge is 0.454 e. The highest BCUT2D eigenvalue weighted by molar-refractivity contribution is 7.16.